The van der Waals surface area contributed by atoms with E-state index in [0.29, 0.717) is 19.3 Å². The van der Waals surface area contributed by atoms with Crippen molar-refractivity contribution in [3.05, 3.63) is 48.0 Å². The van der Waals surface area contributed by atoms with Crippen LogP contribution < -0.4 is 0 Å². The van der Waals surface area contributed by atoms with Crippen LogP contribution in [0, 0.1) is 5.92 Å². The predicted molar refractivity (Wildman–Crippen MR) is 102 cm³/mol. The number of benzene rings is 1. The molecule has 0 saturated heterocycles. The van der Waals surface area contributed by atoms with Gasteiger partial charge in [0.25, 0.3) is 0 Å². The maximum atomic E-state index is 10.5. The Bertz CT molecular complexity index is 575. The number of aliphatic hydroxyl groups is 2. The average molecular weight is 361 g/mol. The lowest BCUT2D eigenvalue weighted by atomic mass is 9.95. The van der Waals surface area contributed by atoms with Gasteiger partial charge in [0.15, 0.2) is 0 Å². The lowest BCUT2D eigenvalue weighted by Gasteiger charge is -2.32. The third kappa shape index (κ3) is 6.24. The van der Waals surface area contributed by atoms with Gasteiger partial charge in [-0.3, -0.25) is 4.79 Å². The Morgan fingerprint density at radius 2 is 1.92 bits per heavy atom. The van der Waals surface area contributed by atoms with Crippen molar-refractivity contribution >= 4 is 5.97 Å². The molecule has 1 aromatic rings. The number of hydrogen-bond donors (Lipinski definition) is 3. The molecule has 0 amide bonds. The molecular weight excluding hydrogens is 330 g/mol. The summed E-state index contributed by atoms with van der Waals surface area (Å²) in [6.07, 6.45) is 6.55. The summed E-state index contributed by atoms with van der Waals surface area (Å²) in [5, 5.41) is 29.4. The van der Waals surface area contributed by atoms with Gasteiger partial charge in [-0.25, -0.2) is 0 Å². The van der Waals surface area contributed by atoms with Crippen molar-refractivity contribution in [1.82, 2.24) is 4.90 Å². The Balaban J connectivity index is 1.85. The lowest BCUT2D eigenvalue weighted by Crippen LogP contribution is -2.43. The van der Waals surface area contributed by atoms with Crippen LogP contribution in [0.4, 0.5) is 0 Å². The first-order chi connectivity index (χ1) is 12.5. The van der Waals surface area contributed by atoms with Gasteiger partial charge in [-0.05, 0) is 38.3 Å². The quantitative estimate of drug-likeness (QED) is 0.441. The normalized spacial score (nSPS) is 26.0. The molecule has 0 aliphatic heterocycles. The van der Waals surface area contributed by atoms with Crippen molar-refractivity contribution in [2.75, 3.05) is 13.6 Å². The minimum Gasteiger partial charge on any atom is -0.481 e. The minimum absolute atomic E-state index is 0.00139. The van der Waals surface area contributed by atoms with E-state index in [2.05, 4.69) is 17.0 Å². The summed E-state index contributed by atoms with van der Waals surface area (Å²) in [5.74, 6) is -0.769. The Hall–Kier alpha value is -1.69. The fraction of sp³-hybridized carbons (Fsp3) is 0.571. The van der Waals surface area contributed by atoms with Gasteiger partial charge in [0.2, 0.25) is 0 Å². The number of aliphatic carboxylic acids is 1. The van der Waals surface area contributed by atoms with Gasteiger partial charge in [0, 0.05) is 31.3 Å². The molecular formula is C21H31NO4. The van der Waals surface area contributed by atoms with Crippen molar-refractivity contribution < 1.29 is 20.1 Å². The molecule has 0 aromatic heterocycles. The Morgan fingerprint density at radius 3 is 2.62 bits per heavy atom. The zero-order valence-corrected chi connectivity index (χ0v) is 15.5. The van der Waals surface area contributed by atoms with Crippen LogP contribution in [0.3, 0.4) is 0 Å². The zero-order valence-electron chi connectivity index (χ0n) is 15.5. The molecule has 1 aliphatic carbocycles. The molecule has 0 spiro atoms. The van der Waals surface area contributed by atoms with Gasteiger partial charge >= 0.3 is 5.97 Å². The molecule has 4 atom stereocenters. The van der Waals surface area contributed by atoms with E-state index in [-0.39, 0.29) is 18.4 Å². The topological polar surface area (TPSA) is 81.0 Å². The summed E-state index contributed by atoms with van der Waals surface area (Å²) in [5.41, 5.74) is 1.27. The summed E-state index contributed by atoms with van der Waals surface area (Å²) in [7, 11) is 2.01. The van der Waals surface area contributed by atoms with Crippen molar-refractivity contribution in [2.45, 2.75) is 56.8 Å². The summed E-state index contributed by atoms with van der Waals surface area (Å²) in [6, 6.07) is 10.2. The molecule has 1 saturated carbocycles. The van der Waals surface area contributed by atoms with E-state index in [9.17, 15) is 15.0 Å². The molecule has 0 unspecified atom stereocenters. The van der Waals surface area contributed by atoms with E-state index in [1.165, 1.54) is 5.56 Å². The van der Waals surface area contributed by atoms with Crippen LogP contribution in [-0.4, -0.2) is 58.0 Å². The molecule has 26 heavy (non-hydrogen) atoms. The molecule has 2 rings (SSSR count). The monoisotopic (exact) mass is 361 g/mol. The fourth-order valence-corrected chi connectivity index (χ4v) is 3.83. The van der Waals surface area contributed by atoms with Crippen LogP contribution >= 0.6 is 0 Å². The molecule has 1 aromatic carbocycles. The van der Waals surface area contributed by atoms with E-state index in [4.69, 9.17) is 5.11 Å². The predicted octanol–water partition coefficient (Wildman–Crippen LogP) is 2.47. The Morgan fingerprint density at radius 1 is 1.19 bits per heavy atom. The van der Waals surface area contributed by atoms with Crippen LogP contribution in [0.2, 0.25) is 0 Å². The van der Waals surface area contributed by atoms with Crippen molar-refractivity contribution in [3.8, 4) is 0 Å². The Labute approximate surface area is 156 Å². The summed E-state index contributed by atoms with van der Waals surface area (Å²) in [4.78, 5) is 12.7. The number of carboxylic acids is 1. The van der Waals surface area contributed by atoms with Crippen LogP contribution in [0.25, 0.3) is 0 Å². The van der Waals surface area contributed by atoms with Crippen molar-refractivity contribution in [1.29, 1.82) is 0 Å². The first-order valence-corrected chi connectivity index (χ1v) is 9.46. The van der Waals surface area contributed by atoms with Crippen molar-refractivity contribution in [2.24, 2.45) is 5.92 Å². The maximum Gasteiger partial charge on any atom is 0.303 e. The van der Waals surface area contributed by atoms with E-state index >= 15 is 0 Å². The van der Waals surface area contributed by atoms with Gasteiger partial charge in [-0.15, -0.1) is 0 Å². The smallest absolute Gasteiger partial charge is 0.303 e. The second-order valence-corrected chi connectivity index (χ2v) is 7.23. The molecule has 3 N–H and O–H groups in total. The second-order valence-electron chi connectivity index (χ2n) is 7.23. The number of likely N-dealkylation sites (N-methyl/N-ethyl adjacent to an activating group) is 1. The third-order valence-electron chi connectivity index (χ3n) is 5.25. The van der Waals surface area contributed by atoms with Crippen LogP contribution in [0.1, 0.15) is 37.7 Å². The number of carbonyl (C=O) groups is 1. The Kier molecular flexibility index (Phi) is 8.29. The number of rotatable bonds is 10. The van der Waals surface area contributed by atoms with E-state index in [1.54, 1.807) is 0 Å². The number of unbranched alkanes of at least 4 members (excludes halogenated alkanes) is 1. The first-order valence-electron chi connectivity index (χ1n) is 9.46. The number of nitrogens with zero attached hydrogens (tertiary/aromatic N) is 1. The SMILES string of the molecule is CN(CCc1ccccc1)[C@@H]1[C@@H](C/C=C\CCCC(=O)O)[C@@H](O)C[C@H]1O. The number of aliphatic hydroxyl groups excluding tert-OH is 2. The minimum atomic E-state index is -0.771. The molecule has 144 valence electrons. The summed E-state index contributed by atoms with van der Waals surface area (Å²) < 4.78 is 0. The third-order valence-corrected chi connectivity index (χ3v) is 5.25. The zero-order chi connectivity index (χ0) is 18.9. The molecule has 1 aliphatic rings. The van der Waals surface area contributed by atoms with Crippen LogP contribution in [0.5, 0.6) is 0 Å². The maximum absolute atomic E-state index is 10.5. The van der Waals surface area contributed by atoms with Gasteiger partial charge in [-0.1, -0.05) is 42.5 Å². The first kappa shape index (κ1) is 20.6. The number of carboxylic acid groups (broad SMARTS) is 1. The van der Waals surface area contributed by atoms with Gasteiger partial charge in [0.1, 0.15) is 0 Å². The summed E-state index contributed by atoms with van der Waals surface area (Å²) >= 11 is 0. The number of allylic oxidation sites excluding steroid dienone is 2. The highest BCUT2D eigenvalue weighted by molar-refractivity contribution is 5.66. The van der Waals surface area contributed by atoms with Gasteiger partial charge < -0.3 is 20.2 Å². The average Bonchev–Trinajstić information content (AvgIpc) is 2.90. The second kappa shape index (κ2) is 10.5. The number of hydrogen-bond acceptors (Lipinski definition) is 4. The summed E-state index contributed by atoms with van der Waals surface area (Å²) in [6.45, 7) is 0.831. The standard InChI is InChI=1S/C21H31NO4/c1-22(14-13-16-9-5-4-6-10-16)21-17(18(23)15-19(21)24)11-7-2-3-8-12-20(25)26/h2,4-7,9-10,17-19,21,23-24H,3,8,11-15H2,1H3,(H,25,26)/b7-2-/t17-,18-,19+,21+/m0/s1. The molecule has 5 nitrogen and oxygen atoms in total. The van der Waals surface area contributed by atoms with E-state index in [1.807, 2.05) is 37.4 Å². The van der Waals surface area contributed by atoms with E-state index in [0.717, 1.165) is 19.4 Å². The van der Waals surface area contributed by atoms with Gasteiger partial charge in [0.05, 0.1) is 12.2 Å². The highest BCUT2D eigenvalue weighted by Gasteiger charge is 2.42. The van der Waals surface area contributed by atoms with Crippen LogP contribution in [-0.2, 0) is 11.2 Å². The molecule has 0 bridgehead atoms. The fourth-order valence-electron chi connectivity index (χ4n) is 3.83. The van der Waals surface area contributed by atoms with Crippen LogP contribution in [0.15, 0.2) is 42.5 Å². The highest BCUT2D eigenvalue weighted by Crippen LogP contribution is 2.33. The molecule has 5 heteroatoms. The van der Waals surface area contributed by atoms with Gasteiger partial charge in [-0.2, -0.15) is 0 Å². The van der Waals surface area contributed by atoms with E-state index < -0.39 is 18.2 Å². The highest BCUT2D eigenvalue weighted by atomic mass is 16.4. The molecule has 0 heterocycles. The largest absolute Gasteiger partial charge is 0.481 e. The molecule has 1 fully saturated rings. The molecule has 0 radical (unpaired) electrons. The lowest BCUT2D eigenvalue weighted by molar-refractivity contribution is -0.137. The van der Waals surface area contributed by atoms with Crippen molar-refractivity contribution in [3.63, 3.8) is 0 Å².